The zero-order valence-electron chi connectivity index (χ0n) is 16.4. The standard InChI is InChI=1S/C22H23BrN2O3S/c1-15-8-9-18(29-15)14-25(13-12-17-6-4-3-5-7-17)22(27)16(2)24-21(26)19-10-11-20(23)28-19/h3-11,16H,12-14H2,1-2H3,(H,24,26)/t16-/m0/s1. The van der Waals surface area contributed by atoms with Gasteiger partial charge in [-0.1, -0.05) is 30.3 Å². The van der Waals surface area contributed by atoms with Gasteiger partial charge < -0.3 is 14.6 Å². The normalized spacial score (nSPS) is 11.8. The monoisotopic (exact) mass is 474 g/mol. The minimum atomic E-state index is -0.664. The third-order valence-corrected chi connectivity index (χ3v) is 5.89. The summed E-state index contributed by atoms with van der Waals surface area (Å²) < 4.78 is 5.74. The molecule has 29 heavy (non-hydrogen) atoms. The number of benzene rings is 1. The van der Waals surface area contributed by atoms with Crippen molar-refractivity contribution in [1.29, 1.82) is 0 Å². The van der Waals surface area contributed by atoms with Crippen LogP contribution in [0, 0.1) is 6.92 Å². The Labute approximate surface area is 182 Å². The number of halogens is 1. The highest BCUT2D eigenvalue weighted by Gasteiger charge is 2.24. The predicted molar refractivity (Wildman–Crippen MR) is 118 cm³/mol. The molecule has 0 spiro atoms. The summed E-state index contributed by atoms with van der Waals surface area (Å²) in [7, 11) is 0. The van der Waals surface area contributed by atoms with Crippen molar-refractivity contribution in [1.82, 2.24) is 10.2 Å². The molecule has 2 amide bonds. The van der Waals surface area contributed by atoms with Gasteiger partial charge in [-0.3, -0.25) is 9.59 Å². The van der Waals surface area contributed by atoms with Gasteiger partial charge in [-0.2, -0.15) is 0 Å². The molecule has 1 atom stereocenters. The summed E-state index contributed by atoms with van der Waals surface area (Å²) in [5, 5.41) is 2.74. The minimum Gasteiger partial charge on any atom is -0.444 e. The van der Waals surface area contributed by atoms with Crippen molar-refractivity contribution in [2.75, 3.05) is 6.54 Å². The smallest absolute Gasteiger partial charge is 0.287 e. The second kappa shape index (κ2) is 9.89. The summed E-state index contributed by atoms with van der Waals surface area (Å²) in [4.78, 5) is 29.6. The lowest BCUT2D eigenvalue weighted by atomic mass is 10.1. The van der Waals surface area contributed by atoms with Crippen LogP contribution in [-0.4, -0.2) is 29.3 Å². The number of amides is 2. The Morgan fingerprint density at radius 3 is 2.52 bits per heavy atom. The Morgan fingerprint density at radius 2 is 1.90 bits per heavy atom. The molecule has 0 aliphatic carbocycles. The molecule has 0 saturated heterocycles. The third kappa shape index (κ3) is 6.05. The highest BCUT2D eigenvalue weighted by atomic mass is 79.9. The molecule has 3 rings (SSSR count). The topological polar surface area (TPSA) is 62.6 Å². The molecule has 1 N–H and O–H groups in total. The molecular formula is C22H23BrN2O3S. The van der Waals surface area contributed by atoms with E-state index < -0.39 is 11.9 Å². The fourth-order valence-corrected chi connectivity index (χ4v) is 4.19. The first-order valence-corrected chi connectivity index (χ1v) is 11.0. The Bertz CT molecular complexity index is 967. The zero-order chi connectivity index (χ0) is 20.8. The molecule has 0 unspecified atom stereocenters. The van der Waals surface area contributed by atoms with Gasteiger partial charge in [0, 0.05) is 16.3 Å². The summed E-state index contributed by atoms with van der Waals surface area (Å²) in [6.45, 7) is 4.85. The van der Waals surface area contributed by atoms with E-state index in [0.717, 1.165) is 11.3 Å². The average molecular weight is 475 g/mol. The van der Waals surface area contributed by atoms with Crippen molar-refractivity contribution in [2.45, 2.75) is 32.9 Å². The molecule has 0 radical (unpaired) electrons. The number of carbonyl (C=O) groups is 2. The number of aryl methyl sites for hydroxylation is 1. The number of carbonyl (C=O) groups excluding carboxylic acids is 2. The van der Waals surface area contributed by atoms with Gasteiger partial charge in [0.1, 0.15) is 6.04 Å². The van der Waals surface area contributed by atoms with E-state index in [9.17, 15) is 9.59 Å². The lowest BCUT2D eigenvalue weighted by molar-refractivity contribution is -0.133. The first kappa shape index (κ1) is 21.3. The van der Waals surface area contributed by atoms with Crippen molar-refractivity contribution in [3.05, 3.63) is 80.3 Å². The lowest BCUT2D eigenvalue weighted by Gasteiger charge is -2.26. The van der Waals surface area contributed by atoms with E-state index in [1.54, 1.807) is 35.3 Å². The van der Waals surface area contributed by atoms with Crippen molar-refractivity contribution in [3.63, 3.8) is 0 Å². The molecule has 7 heteroatoms. The third-order valence-electron chi connectivity index (χ3n) is 4.48. The van der Waals surface area contributed by atoms with Gasteiger partial charge in [0.05, 0.1) is 6.54 Å². The van der Waals surface area contributed by atoms with E-state index in [2.05, 4.69) is 46.4 Å². The minimum absolute atomic E-state index is 0.119. The first-order valence-electron chi connectivity index (χ1n) is 9.36. The van der Waals surface area contributed by atoms with Crippen molar-refractivity contribution in [2.24, 2.45) is 0 Å². The predicted octanol–water partition coefficient (Wildman–Crippen LogP) is 4.80. The zero-order valence-corrected chi connectivity index (χ0v) is 18.8. The largest absolute Gasteiger partial charge is 0.444 e. The van der Waals surface area contributed by atoms with Gasteiger partial charge in [0.25, 0.3) is 5.91 Å². The highest BCUT2D eigenvalue weighted by Crippen LogP contribution is 2.18. The van der Waals surface area contributed by atoms with E-state index in [1.165, 1.54) is 10.4 Å². The Balaban J connectivity index is 1.68. The van der Waals surface area contributed by atoms with E-state index >= 15 is 0 Å². The second-order valence-electron chi connectivity index (χ2n) is 6.81. The first-order chi connectivity index (χ1) is 13.9. The maximum Gasteiger partial charge on any atom is 0.287 e. The molecule has 0 aliphatic rings. The quantitative estimate of drug-likeness (QED) is 0.509. The van der Waals surface area contributed by atoms with E-state index in [-0.39, 0.29) is 11.7 Å². The van der Waals surface area contributed by atoms with Gasteiger partial charge in [0.15, 0.2) is 10.4 Å². The van der Waals surface area contributed by atoms with Crippen LogP contribution in [0.1, 0.15) is 32.8 Å². The summed E-state index contributed by atoms with van der Waals surface area (Å²) in [6, 6.07) is 16.7. The van der Waals surface area contributed by atoms with Gasteiger partial charge in [-0.15, -0.1) is 11.3 Å². The molecule has 0 fully saturated rings. The SMILES string of the molecule is Cc1ccc(CN(CCc2ccccc2)C(=O)[C@H](C)NC(=O)c2ccc(Br)o2)s1. The van der Waals surface area contributed by atoms with E-state index in [0.29, 0.717) is 17.8 Å². The number of hydrogen-bond acceptors (Lipinski definition) is 4. The summed E-state index contributed by atoms with van der Waals surface area (Å²) >= 11 is 4.86. The number of hydrogen-bond donors (Lipinski definition) is 1. The Kier molecular flexibility index (Phi) is 7.28. The Morgan fingerprint density at radius 1 is 1.14 bits per heavy atom. The molecule has 0 bridgehead atoms. The number of nitrogens with zero attached hydrogens (tertiary/aromatic N) is 1. The van der Waals surface area contributed by atoms with Gasteiger partial charge in [-0.05, 0) is 66.0 Å². The molecule has 2 heterocycles. The van der Waals surface area contributed by atoms with Crippen LogP contribution in [0.2, 0.25) is 0 Å². The average Bonchev–Trinajstić information content (AvgIpc) is 3.33. The number of furan rings is 1. The van der Waals surface area contributed by atoms with Crippen LogP contribution in [0.15, 0.2) is 63.7 Å². The van der Waals surface area contributed by atoms with Crippen LogP contribution in [0.3, 0.4) is 0 Å². The van der Waals surface area contributed by atoms with Crippen LogP contribution >= 0.6 is 27.3 Å². The number of nitrogens with one attached hydrogen (secondary N) is 1. The molecule has 2 aromatic heterocycles. The summed E-state index contributed by atoms with van der Waals surface area (Å²) in [5.74, 6) is -0.362. The molecule has 1 aromatic carbocycles. The number of thiophene rings is 1. The lowest BCUT2D eigenvalue weighted by Crippen LogP contribution is -2.47. The number of rotatable bonds is 8. The van der Waals surface area contributed by atoms with Crippen LogP contribution < -0.4 is 5.32 Å². The van der Waals surface area contributed by atoms with Gasteiger partial charge in [-0.25, -0.2) is 0 Å². The van der Waals surface area contributed by atoms with Crippen LogP contribution in [0.5, 0.6) is 0 Å². The van der Waals surface area contributed by atoms with Crippen molar-refractivity contribution in [3.8, 4) is 0 Å². The van der Waals surface area contributed by atoms with E-state index in [1.807, 2.05) is 24.3 Å². The van der Waals surface area contributed by atoms with Crippen molar-refractivity contribution >= 4 is 39.1 Å². The fourth-order valence-electron chi connectivity index (χ4n) is 2.97. The fraction of sp³-hybridized carbons (Fsp3) is 0.273. The molecule has 5 nitrogen and oxygen atoms in total. The summed E-state index contributed by atoms with van der Waals surface area (Å²) in [5.41, 5.74) is 1.17. The molecule has 0 saturated carbocycles. The summed E-state index contributed by atoms with van der Waals surface area (Å²) in [6.07, 6.45) is 0.753. The molecule has 0 aliphatic heterocycles. The van der Waals surface area contributed by atoms with Crippen LogP contribution in [0.4, 0.5) is 0 Å². The van der Waals surface area contributed by atoms with Gasteiger partial charge >= 0.3 is 0 Å². The molecular weight excluding hydrogens is 452 g/mol. The maximum atomic E-state index is 13.1. The highest BCUT2D eigenvalue weighted by molar-refractivity contribution is 9.10. The van der Waals surface area contributed by atoms with Crippen LogP contribution in [0.25, 0.3) is 0 Å². The maximum absolute atomic E-state index is 13.1. The molecule has 152 valence electrons. The van der Waals surface area contributed by atoms with Gasteiger partial charge in [0.2, 0.25) is 5.91 Å². The van der Waals surface area contributed by atoms with Crippen molar-refractivity contribution < 1.29 is 14.0 Å². The second-order valence-corrected chi connectivity index (χ2v) is 8.96. The Hall–Kier alpha value is -2.38. The van der Waals surface area contributed by atoms with E-state index in [4.69, 9.17) is 4.42 Å². The van der Waals surface area contributed by atoms with Crippen LogP contribution in [-0.2, 0) is 17.8 Å². The molecule has 3 aromatic rings.